The fourth-order valence-corrected chi connectivity index (χ4v) is 2.87. The zero-order valence-corrected chi connectivity index (χ0v) is 17.7. The number of carbonyl (C=O) groups excluding carboxylic acids is 1. The molecule has 2 aromatic carbocycles. The van der Waals surface area contributed by atoms with E-state index in [-0.39, 0.29) is 12.5 Å². The van der Waals surface area contributed by atoms with Gasteiger partial charge >= 0.3 is 0 Å². The number of methoxy groups -OCH3 is 2. The van der Waals surface area contributed by atoms with Gasteiger partial charge in [-0.2, -0.15) is 4.98 Å². The zero-order chi connectivity index (χ0) is 21.7. The van der Waals surface area contributed by atoms with Crippen molar-refractivity contribution < 1.29 is 23.5 Å². The Morgan fingerprint density at radius 1 is 1.10 bits per heavy atom. The highest BCUT2D eigenvalue weighted by Crippen LogP contribution is 2.31. The monoisotopic (exact) mass is 411 g/mol. The molecule has 0 bridgehead atoms. The second-order valence-corrected chi connectivity index (χ2v) is 6.85. The third kappa shape index (κ3) is 4.89. The smallest absolute Gasteiger partial charge is 0.263 e. The van der Waals surface area contributed by atoms with Crippen molar-refractivity contribution in [3.05, 3.63) is 53.9 Å². The van der Waals surface area contributed by atoms with Crippen LogP contribution in [0.4, 0.5) is 0 Å². The largest absolute Gasteiger partial charge is 0.497 e. The number of ether oxygens (including phenoxy) is 3. The first-order valence-electron chi connectivity index (χ1n) is 9.44. The number of amides is 1. The molecule has 0 fully saturated rings. The summed E-state index contributed by atoms with van der Waals surface area (Å²) in [6, 6.07) is 12.9. The molecule has 158 valence electrons. The number of benzene rings is 2. The molecule has 3 rings (SSSR count). The number of likely N-dealkylation sites (N-methyl/N-ethyl adjacent to an activating group) is 1. The van der Waals surface area contributed by atoms with Gasteiger partial charge in [-0.1, -0.05) is 22.9 Å². The summed E-state index contributed by atoms with van der Waals surface area (Å²) >= 11 is 0. The van der Waals surface area contributed by atoms with Gasteiger partial charge in [-0.3, -0.25) is 4.79 Å². The van der Waals surface area contributed by atoms with E-state index in [0.717, 1.165) is 5.56 Å². The summed E-state index contributed by atoms with van der Waals surface area (Å²) in [5.41, 5.74) is 1.79. The van der Waals surface area contributed by atoms with Gasteiger partial charge in [-0.15, -0.1) is 0 Å². The molecule has 8 nitrogen and oxygen atoms in total. The molecular weight excluding hydrogens is 386 g/mol. The Hall–Kier alpha value is -3.55. The molecular formula is C22H25N3O5. The topological polar surface area (TPSA) is 86.9 Å². The van der Waals surface area contributed by atoms with E-state index < -0.39 is 6.10 Å². The Morgan fingerprint density at radius 3 is 2.47 bits per heavy atom. The summed E-state index contributed by atoms with van der Waals surface area (Å²) < 4.78 is 21.6. The van der Waals surface area contributed by atoms with E-state index in [2.05, 4.69) is 10.1 Å². The number of aryl methyl sites for hydroxylation is 1. The van der Waals surface area contributed by atoms with E-state index in [1.54, 1.807) is 46.4 Å². The molecule has 1 atom stereocenters. The minimum absolute atomic E-state index is 0.159. The van der Waals surface area contributed by atoms with Crippen LogP contribution >= 0.6 is 0 Å². The molecule has 1 amide bonds. The zero-order valence-electron chi connectivity index (χ0n) is 17.7. The molecule has 0 aliphatic heterocycles. The van der Waals surface area contributed by atoms with E-state index >= 15 is 0 Å². The Balaban J connectivity index is 1.66. The normalized spacial score (nSPS) is 11.6. The van der Waals surface area contributed by atoms with E-state index in [0.29, 0.717) is 34.5 Å². The lowest BCUT2D eigenvalue weighted by molar-refractivity contribution is -0.137. The van der Waals surface area contributed by atoms with Crippen LogP contribution in [0.5, 0.6) is 17.2 Å². The second kappa shape index (κ2) is 9.30. The average Bonchev–Trinajstić information content (AvgIpc) is 3.22. The van der Waals surface area contributed by atoms with Crippen molar-refractivity contribution in [1.29, 1.82) is 0 Å². The first-order valence-corrected chi connectivity index (χ1v) is 9.44. The standard InChI is InChI=1S/C22H25N3O5/c1-14-6-8-16(9-7-14)29-15(2)22(26)25(3)13-20-23-21(24-30-20)18-11-10-17(27-4)12-19(18)28-5/h6-12,15H,13H2,1-5H3/t15-/m0/s1. The Morgan fingerprint density at radius 2 is 1.80 bits per heavy atom. The molecule has 0 spiro atoms. The number of carbonyl (C=O) groups is 1. The molecule has 0 N–H and O–H groups in total. The van der Waals surface area contributed by atoms with Crippen LogP contribution in [0.2, 0.25) is 0 Å². The maximum Gasteiger partial charge on any atom is 0.263 e. The van der Waals surface area contributed by atoms with Crippen molar-refractivity contribution in [2.45, 2.75) is 26.5 Å². The molecule has 1 heterocycles. The van der Waals surface area contributed by atoms with E-state index in [4.69, 9.17) is 18.7 Å². The maximum absolute atomic E-state index is 12.6. The third-order valence-corrected chi connectivity index (χ3v) is 4.55. The lowest BCUT2D eigenvalue weighted by Crippen LogP contribution is -2.37. The first-order chi connectivity index (χ1) is 14.4. The van der Waals surface area contributed by atoms with Gasteiger partial charge in [0.2, 0.25) is 11.7 Å². The van der Waals surface area contributed by atoms with Crippen LogP contribution < -0.4 is 14.2 Å². The SMILES string of the molecule is COc1ccc(-c2noc(CN(C)C(=O)[C@H](C)Oc3ccc(C)cc3)n2)c(OC)c1. The van der Waals surface area contributed by atoms with Crippen LogP contribution in [0.3, 0.4) is 0 Å². The summed E-state index contributed by atoms with van der Waals surface area (Å²) in [7, 11) is 4.80. The molecule has 8 heteroatoms. The molecule has 30 heavy (non-hydrogen) atoms. The van der Waals surface area contributed by atoms with Crippen LogP contribution in [0.1, 0.15) is 18.4 Å². The number of rotatable bonds is 8. The fourth-order valence-electron chi connectivity index (χ4n) is 2.87. The Labute approximate surface area is 175 Å². The van der Waals surface area contributed by atoms with Crippen molar-refractivity contribution in [1.82, 2.24) is 15.0 Å². The number of hydrogen-bond donors (Lipinski definition) is 0. The minimum Gasteiger partial charge on any atom is -0.497 e. The van der Waals surface area contributed by atoms with Crippen LogP contribution in [-0.4, -0.2) is 48.3 Å². The van der Waals surface area contributed by atoms with Crippen molar-refractivity contribution in [3.63, 3.8) is 0 Å². The van der Waals surface area contributed by atoms with Gasteiger partial charge < -0.3 is 23.6 Å². The molecule has 0 saturated heterocycles. The van der Waals surface area contributed by atoms with Gasteiger partial charge in [-0.25, -0.2) is 0 Å². The van der Waals surface area contributed by atoms with Gasteiger partial charge in [0, 0.05) is 13.1 Å². The Bertz CT molecular complexity index is 1000. The molecule has 0 aliphatic rings. The maximum atomic E-state index is 12.6. The van der Waals surface area contributed by atoms with Gasteiger partial charge in [-0.05, 0) is 38.1 Å². The predicted octanol–water partition coefficient (Wildman–Crippen LogP) is 3.49. The lowest BCUT2D eigenvalue weighted by Gasteiger charge is -2.20. The molecule has 1 aromatic heterocycles. The number of hydrogen-bond acceptors (Lipinski definition) is 7. The van der Waals surface area contributed by atoms with Crippen LogP contribution in [0.25, 0.3) is 11.4 Å². The van der Waals surface area contributed by atoms with E-state index in [9.17, 15) is 4.79 Å². The third-order valence-electron chi connectivity index (χ3n) is 4.55. The highest BCUT2D eigenvalue weighted by Gasteiger charge is 2.22. The summed E-state index contributed by atoms with van der Waals surface area (Å²) in [6.45, 7) is 3.86. The van der Waals surface area contributed by atoms with Crippen molar-refractivity contribution in [3.8, 4) is 28.6 Å². The van der Waals surface area contributed by atoms with Crippen LogP contribution in [0.15, 0.2) is 47.0 Å². The highest BCUT2D eigenvalue weighted by atomic mass is 16.5. The summed E-state index contributed by atoms with van der Waals surface area (Å²) in [4.78, 5) is 18.5. The van der Waals surface area contributed by atoms with Crippen molar-refractivity contribution in [2.24, 2.45) is 0 Å². The first kappa shape index (κ1) is 21.2. The second-order valence-electron chi connectivity index (χ2n) is 6.85. The Kier molecular flexibility index (Phi) is 6.56. The molecule has 0 aliphatic carbocycles. The van der Waals surface area contributed by atoms with Gasteiger partial charge in [0.25, 0.3) is 5.91 Å². The average molecular weight is 411 g/mol. The van der Waals surface area contributed by atoms with Gasteiger partial charge in [0.15, 0.2) is 6.10 Å². The quantitative estimate of drug-likeness (QED) is 0.561. The van der Waals surface area contributed by atoms with Gasteiger partial charge in [0.1, 0.15) is 17.2 Å². The predicted molar refractivity (Wildman–Crippen MR) is 111 cm³/mol. The van der Waals surface area contributed by atoms with Crippen LogP contribution in [0, 0.1) is 6.92 Å². The molecule has 0 saturated carbocycles. The van der Waals surface area contributed by atoms with E-state index in [1.807, 2.05) is 31.2 Å². The van der Waals surface area contributed by atoms with Gasteiger partial charge in [0.05, 0.1) is 26.3 Å². The molecule has 0 unspecified atom stereocenters. The lowest BCUT2D eigenvalue weighted by atomic mass is 10.2. The summed E-state index contributed by atoms with van der Waals surface area (Å²) in [6.07, 6.45) is -0.651. The molecule has 3 aromatic rings. The van der Waals surface area contributed by atoms with E-state index in [1.165, 1.54) is 4.90 Å². The summed E-state index contributed by atoms with van der Waals surface area (Å²) in [5, 5.41) is 4.01. The highest BCUT2D eigenvalue weighted by molar-refractivity contribution is 5.80. The molecule has 0 radical (unpaired) electrons. The van der Waals surface area contributed by atoms with Crippen molar-refractivity contribution in [2.75, 3.05) is 21.3 Å². The summed E-state index contributed by atoms with van der Waals surface area (Å²) in [5.74, 6) is 2.34. The fraction of sp³-hybridized carbons (Fsp3) is 0.318. The number of aromatic nitrogens is 2. The number of nitrogens with zero attached hydrogens (tertiary/aromatic N) is 3. The van der Waals surface area contributed by atoms with Crippen LogP contribution in [-0.2, 0) is 11.3 Å². The minimum atomic E-state index is -0.651. The van der Waals surface area contributed by atoms with Crippen molar-refractivity contribution >= 4 is 5.91 Å².